The molecule has 0 bridgehead atoms. The van der Waals surface area contributed by atoms with Crippen molar-refractivity contribution in [2.24, 2.45) is 7.05 Å². The molecule has 1 atom stereocenters. The molecular weight excluding hydrogens is 254 g/mol. The molecule has 1 aliphatic heterocycles. The quantitative estimate of drug-likeness (QED) is 0.906. The molecule has 1 unspecified atom stereocenters. The Kier molecular flexibility index (Phi) is 3.08. The summed E-state index contributed by atoms with van der Waals surface area (Å²) in [6, 6.07) is 1.85. The van der Waals surface area contributed by atoms with E-state index in [-0.39, 0.29) is 11.9 Å². The number of H-pyrrole nitrogens is 1. The summed E-state index contributed by atoms with van der Waals surface area (Å²) in [6.45, 7) is 4.86. The first-order chi connectivity index (χ1) is 9.59. The minimum atomic E-state index is 0.0210. The number of aromatic nitrogens is 4. The molecule has 6 nitrogen and oxygen atoms in total. The van der Waals surface area contributed by atoms with Crippen LogP contribution in [-0.4, -0.2) is 37.3 Å². The van der Waals surface area contributed by atoms with Crippen LogP contribution < -0.4 is 0 Å². The van der Waals surface area contributed by atoms with Crippen LogP contribution in [0.25, 0.3) is 0 Å². The molecular formula is C14H19N5O. The first-order valence-corrected chi connectivity index (χ1v) is 6.90. The van der Waals surface area contributed by atoms with Crippen LogP contribution >= 0.6 is 0 Å². The Labute approximate surface area is 117 Å². The number of carbonyl (C=O) groups is 1. The number of hydrogen-bond donors (Lipinski definition) is 1. The van der Waals surface area contributed by atoms with Gasteiger partial charge in [-0.05, 0) is 32.8 Å². The third-order valence-electron chi connectivity index (χ3n) is 4.14. The van der Waals surface area contributed by atoms with E-state index in [0.717, 1.165) is 30.8 Å². The molecule has 3 rings (SSSR count). The summed E-state index contributed by atoms with van der Waals surface area (Å²) in [6.07, 6.45) is 3.63. The van der Waals surface area contributed by atoms with E-state index >= 15 is 0 Å². The van der Waals surface area contributed by atoms with E-state index in [9.17, 15) is 4.79 Å². The Bertz CT molecular complexity index is 628. The number of amides is 1. The van der Waals surface area contributed by atoms with Gasteiger partial charge in [0.1, 0.15) is 5.69 Å². The van der Waals surface area contributed by atoms with Crippen LogP contribution in [0, 0.1) is 13.8 Å². The van der Waals surface area contributed by atoms with E-state index in [4.69, 9.17) is 0 Å². The van der Waals surface area contributed by atoms with Crippen molar-refractivity contribution < 1.29 is 4.79 Å². The van der Waals surface area contributed by atoms with Gasteiger partial charge in [0.25, 0.3) is 5.91 Å². The molecule has 0 aromatic carbocycles. The largest absolute Gasteiger partial charge is 0.330 e. The molecule has 1 N–H and O–H groups in total. The van der Waals surface area contributed by atoms with Crippen LogP contribution in [-0.2, 0) is 7.05 Å². The van der Waals surface area contributed by atoms with Gasteiger partial charge in [-0.25, -0.2) is 0 Å². The second-order valence-corrected chi connectivity index (χ2v) is 5.33. The zero-order valence-corrected chi connectivity index (χ0v) is 12.1. The average molecular weight is 273 g/mol. The topological polar surface area (TPSA) is 66.8 Å². The number of nitrogens with one attached hydrogen (secondary N) is 1. The molecule has 1 aliphatic rings. The lowest BCUT2D eigenvalue weighted by Gasteiger charge is -2.24. The number of rotatable bonds is 2. The van der Waals surface area contributed by atoms with E-state index in [1.807, 2.05) is 23.6 Å². The standard InChI is InChI=1S/C14H19N5O/c1-9-13(10(2)18(3)17-9)12-5-4-8-19(12)14(20)11-6-7-15-16-11/h6-7,12H,4-5,8H2,1-3H3,(H,15,16). The van der Waals surface area contributed by atoms with Crippen molar-refractivity contribution in [3.05, 3.63) is 34.9 Å². The van der Waals surface area contributed by atoms with Crippen molar-refractivity contribution in [1.29, 1.82) is 0 Å². The van der Waals surface area contributed by atoms with E-state index < -0.39 is 0 Å². The summed E-state index contributed by atoms with van der Waals surface area (Å²) in [5.74, 6) is 0.0210. The van der Waals surface area contributed by atoms with Gasteiger partial charge in [0, 0.05) is 31.0 Å². The molecule has 0 aliphatic carbocycles. The van der Waals surface area contributed by atoms with Gasteiger partial charge in [-0.1, -0.05) is 0 Å². The minimum absolute atomic E-state index is 0.0210. The molecule has 0 saturated carbocycles. The molecule has 2 aromatic rings. The number of aryl methyl sites for hydroxylation is 2. The molecule has 106 valence electrons. The van der Waals surface area contributed by atoms with E-state index in [1.165, 1.54) is 5.56 Å². The molecule has 0 radical (unpaired) electrons. The number of aromatic amines is 1. The Morgan fingerprint density at radius 2 is 2.25 bits per heavy atom. The highest BCUT2D eigenvalue weighted by Gasteiger charge is 2.34. The number of nitrogens with zero attached hydrogens (tertiary/aromatic N) is 4. The SMILES string of the molecule is Cc1nn(C)c(C)c1C1CCCN1C(=O)c1ccn[nH]1. The van der Waals surface area contributed by atoms with Gasteiger partial charge in [0.05, 0.1) is 11.7 Å². The molecule has 20 heavy (non-hydrogen) atoms. The maximum absolute atomic E-state index is 12.5. The fourth-order valence-electron chi connectivity index (χ4n) is 3.11. The van der Waals surface area contributed by atoms with Crippen LogP contribution in [0.4, 0.5) is 0 Å². The summed E-state index contributed by atoms with van der Waals surface area (Å²) in [5.41, 5.74) is 3.89. The zero-order valence-electron chi connectivity index (χ0n) is 12.1. The Balaban J connectivity index is 1.95. The van der Waals surface area contributed by atoms with Crippen molar-refractivity contribution in [3.8, 4) is 0 Å². The fourth-order valence-corrected chi connectivity index (χ4v) is 3.11. The number of carbonyl (C=O) groups excluding carboxylic acids is 1. The summed E-state index contributed by atoms with van der Waals surface area (Å²) >= 11 is 0. The lowest BCUT2D eigenvalue weighted by Crippen LogP contribution is -2.31. The monoisotopic (exact) mass is 273 g/mol. The maximum atomic E-state index is 12.5. The van der Waals surface area contributed by atoms with Crippen molar-refractivity contribution >= 4 is 5.91 Å². The van der Waals surface area contributed by atoms with Crippen molar-refractivity contribution in [1.82, 2.24) is 24.9 Å². The lowest BCUT2D eigenvalue weighted by molar-refractivity contribution is 0.0729. The van der Waals surface area contributed by atoms with Crippen molar-refractivity contribution in [3.63, 3.8) is 0 Å². The van der Waals surface area contributed by atoms with E-state index in [1.54, 1.807) is 12.3 Å². The predicted octanol–water partition coefficient (Wildman–Crippen LogP) is 1.74. The highest BCUT2D eigenvalue weighted by molar-refractivity contribution is 5.92. The molecule has 1 fully saturated rings. The fraction of sp³-hybridized carbons (Fsp3) is 0.500. The molecule has 3 heterocycles. The van der Waals surface area contributed by atoms with E-state index in [2.05, 4.69) is 22.2 Å². The minimum Gasteiger partial charge on any atom is -0.330 e. The molecule has 2 aromatic heterocycles. The third-order valence-corrected chi connectivity index (χ3v) is 4.14. The number of likely N-dealkylation sites (tertiary alicyclic amines) is 1. The maximum Gasteiger partial charge on any atom is 0.272 e. The van der Waals surface area contributed by atoms with E-state index in [0.29, 0.717) is 5.69 Å². The van der Waals surface area contributed by atoms with Gasteiger partial charge in [-0.2, -0.15) is 10.2 Å². The Morgan fingerprint density at radius 1 is 1.45 bits per heavy atom. The third kappa shape index (κ3) is 1.92. The van der Waals surface area contributed by atoms with Crippen LogP contribution in [0.3, 0.4) is 0 Å². The van der Waals surface area contributed by atoms with Gasteiger partial charge in [-0.15, -0.1) is 0 Å². The van der Waals surface area contributed by atoms with Gasteiger partial charge >= 0.3 is 0 Å². The second kappa shape index (κ2) is 4.77. The number of hydrogen-bond acceptors (Lipinski definition) is 3. The summed E-state index contributed by atoms with van der Waals surface area (Å²) in [5, 5.41) is 11.1. The normalized spacial score (nSPS) is 18.8. The second-order valence-electron chi connectivity index (χ2n) is 5.33. The first-order valence-electron chi connectivity index (χ1n) is 6.90. The van der Waals surface area contributed by atoms with Crippen molar-refractivity contribution in [2.45, 2.75) is 32.7 Å². The zero-order chi connectivity index (χ0) is 14.3. The Hall–Kier alpha value is -2.11. The summed E-state index contributed by atoms with van der Waals surface area (Å²) in [7, 11) is 1.95. The van der Waals surface area contributed by atoms with Gasteiger partial charge in [0.15, 0.2) is 0 Å². The highest BCUT2D eigenvalue weighted by Crippen LogP contribution is 2.36. The van der Waals surface area contributed by atoms with Gasteiger partial charge in [-0.3, -0.25) is 14.6 Å². The summed E-state index contributed by atoms with van der Waals surface area (Å²) in [4.78, 5) is 14.5. The van der Waals surface area contributed by atoms with Crippen molar-refractivity contribution in [2.75, 3.05) is 6.54 Å². The van der Waals surface area contributed by atoms with Gasteiger partial charge < -0.3 is 4.90 Å². The smallest absolute Gasteiger partial charge is 0.272 e. The summed E-state index contributed by atoms with van der Waals surface area (Å²) < 4.78 is 1.89. The Morgan fingerprint density at radius 3 is 2.85 bits per heavy atom. The molecule has 1 saturated heterocycles. The molecule has 6 heteroatoms. The van der Waals surface area contributed by atoms with Crippen LogP contribution in [0.15, 0.2) is 12.3 Å². The lowest BCUT2D eigenvalue weighted by atomic mass is 10.0. The van der Waals surface area contributed by atoms with Crippen LogP contribution in [0.1, 0.15) is 46.3 Å². The van der Waals surface area contributed by atoms with Crippen LogP contribution in [0.5, 0.6) is 0 Å². The highest BCUT2D eigenvalue weighted by atomic mass is 16.2. The predicted molar refractivity (Wildman–Crippen MR) is 74.3 cm³/mol. The molecule has 0 spiro atoms. The van der Waals surface area contributed by atoms with Crippen LogP contribution in [0.2, 0.25) is 0 Å². The molecule has 1 amide bonds. The average Bonchev–Trinajstić information content (AvgIpc) is 3.12. The van der Waals surface area contributed by atoms with Gasteiger partial charge in [0.2, 0.25) is 0 Å². The first kappa shape index (κ1) is 12.9.